The van der Waals surface area contributed by atoms with Gasteiger partial charge in [0.25, 0.3) is 0 Å². The summed E-state index contributed by atoms with van der Waals surface area (Å²) in [6.45, 7) is 5.55. The van der Waals surface area contributed by atoms with Gasteiger partial charge in [0.1, 0.15) is 0 Å². The molecule has 0 bridgehead atoms. The van der Waals surface area contributed by atoms with E-state index in [-0.39, 0.29) is 5.92 Å². The minimum Gasteiger partial charge on any atom is -0.383 e. The molecule has 0 spiro atoms. The second-order valence-corrected chi connectivity index (χ2v) is 3.38. The number of nitriles is 1. The molecule has 0 aliphatic carbocycles. The largest absolute Gasteiger partial charge is 0.383 e. The Kier molecular flexibility index (Phi) is 7.66. The quantitative estimate of drug-likeness (QED) is 0.653. The van der Waals surface area contributed by atoms with Gasteiger partial charge in [-0.3, -0.25) is 0 Å². The van der Waals surface area contributed by atoms with Crippen molar-refractivity contribution >= 4 is 0 Å². The molecular weight excluding hydrogens is 164 g/mol. The highest BCUT2D eigenvalue weighted by Gasteiger charge is 2.07. The van der Waals surface area contributed by atoms with Crippen molar-refractivity contribution in [2.24, 2.45) is 5.92 Å². The SMILES string of the molecule is CCCC(COC)NCC(C)C#N. The van der Waals surface area contributed by atoms with Crippen LogP contribution < -0.4 is 5.32 Å². The van der Waals surface area contributed by atoms with Crippen LogP contribution in [0.1, 0.15) is 26.7 Å². The molecule has 76 valence electrons. The van der Waals surface area contributed by atoms with Crippen LogP contribution in [0.2, 0.25) is 0 Å². The zero-order valence-corrected chi connectivity index (χ0v) is 8.84. The van der Waals surface area contributed by atoms with Crippen molar-refractivity contribution in [1.29, 1.82) is 5.26 Å². The first-order valence-corrected chi connectivity index (χ1v) is 4.86. The van der Waals surface area contributed by atoms with Gasteiger partial charge in [-0.2, -0.15) is 5.26 Å². The smallest absolute Gasteiger partial charge is 0.0666 e. The van der Waals surface area contributed by atoms with Gasteiger partial charge in [-0.05, 0) is 13.3 Å². The Balaban J connectivity index is 3.62. The molecule has 0 rings (SSSR count). The predicted octanol–water partition coefficient (Wildman–Crippen LogP) is 1.55. The molecule has 0 aromatic carbocycles. The van der Waals surface area contributed by atoms with Crippen LogP contribution in [0.25, 0.3) is 0 Å². The van der Waals surface area contributed by atoms with Crippen LogP contribution >= 0.6 is 0 Å². The van der Waals surface area contributed by atoms with E-state index in [2.05, 4.69) is 18.3 Å². The lowest BCUT2D eigenvalue weighted by atomic mass is 10.1. The Morgan fingerprint density at radius 1 is 1.54 bits per heavy atom. The van der Waals surface area contributed by atoms with E-state index >= 15 is 0 Å². The number of nitrogens with one attached hydrogen (secondary N) is 1. The van der Waals surface area contributed by atoms with E-state index in [1.54, 1.807) is 7.11 Å². The zero-order chi connectivity index (χ0) is 10.1. The first-order valence-electron chi connectivity index (χ1n) is 4.86. The van der Waals surface area contributed by atoms with Crippen LogP contribution in [0.3, 0.4) is 0 Å². The topological polar surface area (TPSA) is 45.0 Å². The molecule has 3 heteroatoms. The third-order valence-electron chi connectivity index (χ3n) is 1.94. The van der Waals surface area contributed by atoms with Crippen LogP contribution in [0, 0.1) is 17.2 Å². The third-order valence-corrected chi connectivity index (χ3v) is 1.94. The average Bonchev–Trinajstić information content (AvgIpc) is 2.14. The maximum Gasteiger partial charge on any atom is 0.0666 e. The van der Waals surface area contributed by atoms with Gasteiger partial charge in [0.2, 0.25) is 0 Å². The molecule has 0 aliphatic rings. The fourth-order valence-corrected chi connectivity index (χ4v) is 1.18. The number of nitrogens with zero attached hydrogens (tertiary/aromatic N) is 1. The van der Waals surface area contributed by atoms with Crippen LogP contribution in [0.4, 0.5) is 0 Å². The van der Waals surface area contributed by atoms with Crippen molar-refractivity contribution in [3.8, 4) is 6.07 Å². The molecule has 0 radical (unpaired) electrons. The molecule has 1 N–H and O–H groups in total. The Hall–Kier alpha value is -0.590. The third kappa shape index (κ3) is 6.56. The summed E-state index contributed by atoms with van der Waals surface area (Å²) >= 11 is 0. The van der Waals surface area contributed by atoms with Gasteiger partial charge in [0.15, 0.2) is 0 Å². The predicted molar refractivity (Wildman–Crippen MR) is 53.4 cm³/mol. The lowest BCUT2D eigenvalue weighted by Crippen LogP contribution is -2.35. The maximum atomic E-state index is 8.59. The van der Waals surface area contributed by atoms with Crippen molar-refractivity contribution in [2.75, 3.05) is 20.3 Å². The van der Waals surface area contributed by atoms with Crippen molar-refractivity contribution < 1.29 is 4.74 Å². The fraction of sp³-hybridized carbons (Fsp3) is 0.900. The van der Waals surface area contributed by atoms with E-state index < -0.39 is 0 Å². The minimum absolute atomic E-state index is 0.0798. The molecule has 2 atom stereocenters. The molecule has 0 saturated carbocycles. The monoisotopic (exact) mass is 184 g/mol. The van der Waals surface area contributed by atoms with Crippen LogP contribution in [0.15, 0.2) is 0 Å². The Morgan fingerprint density at radius 3 is 2.69 bits per heavy atom. The average molecular weight is 184 g/mol. The Labute approximate surface area is 81.1 Å². The molecule has 0 aliphatic heterocycles. The van der Waals surface area contributed by atoms with Crippen LogP contribution in [-0.4, -0.2) is 26.3 Å². The minimum atomic E-state index is 0.0798. The fourth-order valence-electron chi connectivity index (χ4n) is 1.18. The summed E-state index contributed by atoms with van der Waals surface area (Å²) in [4.78, 5) is 0. The molecule has 13 heavy (non-hydrogen) atoms. The lowest BCUT2D eigenvalue weighted by molar-refractivity contribution is 0.161. The normalized spacial score (nSPS) is 14.9. The molecule has 0 saturated heterocycles. The van der Waals surface area contributed by atoms with E-state index in [1.807, 2.05) is 6.92 Å². The summed E-state index contributed by atoms with van der Waals surface area (Å²) in [5, 5.41) is 11.9. The van der Waals surface area contributed by atoms with Gasteiger partial charge in [0.05, 0.1) is 18.6 Å². The number of methoxy groups -OCH3 is 1. The molecule has 0 heterocycles. The molecule has 0 aromatic heterocycles. The van der Waals surface area contributed by atoms with Crippen molar-refractivity contribution in [3.63, 3.8) is 0 Å². The van der Waals surface area contributed by atoms with E-state index in [4.69, 9.17) is 10.00 Å². The first-order chi connectivity index (χ1) is 6.24. The van der Waals surface area contributed by atoms with Crippen molar-refractivity contribution in [2.45, 2.75) is 32.7 Å². The molecule has 2 unspecified atom stereocenters. The summed E-state index contributed by atoms with van der Waals surface area (Å²) in [7, 11) is 1.71. The van der Waals surface area contributed by atoms with Gasteiger partial charge < -0.3 is 10.1 Å². The van der Waals surface area contributed by atoms with Crippen LogP contribution in [-0.2, 0) is 4.74 Å². The molecular formula is C10H20N2O. The van der Waals surface area contributed by atoms with Gasteiger partial charge >= 0.3 is 0 Å². The molecule has 0 fully saturated rings. The lowest BCUT2D eigenvalue weighted by Gasteiger charge is -2.17. The van der Waals surface area contributed by atoms with Gasteiger partial charge in [0, 0.05) is 19.7 Å². The maximum absolute atomic E-state index is 8.59. The summed E-state index contributed by atoms with van der Waals surface area (Å²) in [5.74, 6) is 0.0798. The first kappa shape index (κ1) is 12.4. The highest BCUT2D eigenvalue weighted by molar-refractivity contribution is 4.81. The summed E-state index contributed by atoms with van der Waals surface area (Å²) in [6.07, 6.45) is 2.24. The van der Waals surface area contributed by atoms with Gasteiger partial charge in [-0.15, -0.1) is 0 Å². The van der Waals surface area contributed by atoms with E-state index in [0.29, 0.717) is 6.04 Å². The van der Waals surface area contributed by atoms with Gasteiger partial charge in [-0.1, -0.05) is 13.3 Å². The Bertz CT molecular complexity index is 147. The van der Waals surface area contributed by atoms with E-state index in [0.717, 1.165) is 26.0 Å². The molecule has 0 aromatic rings. The van der Waals surface area contributed by atoms with Crippen LogP contribution in [0.5, 0.6) is 0 Å². The number of rotatable bonds is 7. The second-order valence-electron chi connectivity index (χ2n) is 3.38. The highest BCUT2D eigenvalue weighted by Crippen LogP contribution is 1.98. The number of hydrogen-bond donors (Lipinski definition) is 1. The summed E-state index contributed by atoms with van der Waals surface area (Å²) in [5.41, 5.74) is 0. The Morgan fingerprint density at radius 2 is 2.23 bits per heavy atom. The van der Waals surface area contributed by atoms with Crippen molar-refractivity contribution in [3.05, 3.63) is 0 Å². The number of hydrogen-bond acceptors (Lipinski definition) is 3. The van der Waals surface area contributed by atoms with E-state index in [1.165, 1.54) is 0 Å². The van der Waals surface area contributed by atoms with Crippen molar-refractivity contribution in [1.82, 2.24) is 5.32 Å². The second kappa shape index (κ2) is 8.03. The molecule has 0 amide bonds. The summed E-state index contributed by atoms with van der Waals surface area (Å²) in [6, 6.07) is 2.60. The summed E-state index contributed by atoms with van der Waals surface area (Å²) < 4.78 is 5.08. The zero-order valence-electron chi connectivity index (χ0n) is 8.84. The van der Waals surface area contributed by atoms with E-state index in [9.17, 15) is 0 Å². The number of ether oxygens (including phenoxy) is 1. The molecule has 3 nitrogen and oxygen atoms in total. The standard InChI is InChI=1S/C10H20N2O/c1-4-5-10(8-13-3)12-7-9(2)6-11/h9-10,12H,4-5,7-8H2,1-3H3. The highest BCUT2D eigenvalue weighted by atomic mass is 16.5. The van der Waals surface area contributed by atoms with Gasteiger partial charge in [-0.25, -0.2) is 0 Å².